The van der Waals surface area contributed by atoms with Gasteiger partial charge in [-0.1, -0.05) is 41.4 Å². The number of hydrogen-bond acceptors (Lipinski definition) is 4. The number of anilines is 1. The van der Waals surface area contributed by atoms with E-state index in [1.54, 1.807) is 0 Å². The van der Waals surface area contributed by atoms with Gasteiger partial charge in [0.2, 0.25) is 15.7 Å². The standard InChI is InChI=1S/C24H23ClN2O4S/c1-16-3-5-18(6-4-16)13-14-26-24(29)19-7-12-23(22(15-19)27-17(2)28)32(30,31)21-10-8-20(25)9-11-21/h3-12,15H,13-14H2,1-2H3,(H,26,29)(H,27,28). The normalized spacial score (nSPS) is 11.1. The molecule has 6 nitrogen and oxygen atoms in total. The number of sulfone groups is 1. The Balaban J connectivity index is 1.82. The summed E-state index contributed by atoms with van der Waals surface area (Å²) in [5.74, 6) is -0.811. The summed E-state index contributed by atoms with van der Waals surface area (Å²) in [7, 11) is -3.94. The molecule has 0 unspecified atom stereocenters. The number of aryl methyl sites for hydroxylation is 1. The molecule has 0 bridgehead atoms. The number of carbonyl (C=O) groups is 2. The van der Waals surface area contributed by atoms with Gasteiger partial charge in [0.05, 0.1) is 15.5 Å². The van der Waals surface area contributed by atoms with Gasteiger partial charge in [-0.15, -0.1) is 0 Å². The van der Waals surface area contributed by atoms with Crippen molar-refractivity contribution in [3.63, 3.8) is 0 Å². The Labute approximate surface area is 192 Å². The molecule has 166 valence electrons. The molecule has 3 rings (SSSR count). The van der Waals surface area contributed by atoms with E-state index >= 15 is 0 Å². The Morgan fingerprint density at radius 1 is 0.938 bits per heavy atom. The lowest BCUT2D eigenvalue weighted by Crippen LogP contribution is -2.26. The summed E-state index contributed by atoms with van der Waals surface area (Å²) in [5, 5.41) is 5.75. The average Bonchev–Trinajstić information content (AvgIpc) is 2.75. The Morgan fingerprint density at radius 2 is 1.59 bits per heavy atom. The molecule has 32 heavy (non-hydrogen) atoms. The molecular formula is C24H23ClN2O4S. The van der Waals surface area contributed by atoms with Gasteiger partial charge < -0.3 is 10.6 Å². The van der Waals surface area contributed by atoms with E-state index in [-0.39, 0.29) is 26.9 Å². The van der Waals surface area contributed by atoms with E-state index in [1.165, 1.54) is 49.4 Å². The number of benzene rings is 3. The van der Waals surface area contributed by atoms with Gasteiger partial charge in [-0.05, 0) is 61.4 Å². The minimum absolute atomic E-state index is 0.0313. The van der Waals surface area contributed by atoms with Gasteiger partial charge in [0.25, 0.3) is 5.91 Å². The highest BCUT2D eigenvalue weighted by molar-refractivity contribution is 7.91. The molecule has 0 radical (unpaired) electrons. The maximum absolute atomic E-state index is 13.1. The zero-order valence-corrected chi connectivity index (χ0v) is 19.3. The van der Waals surface area contributed by atoms with Crippen molar-refractivity contribution in [3.05, 3.63) is 88.4 Å². The van der Waals surface area contributed by atoms with Gasteiger partial charge in [0.15, 0.2) is 0 Å². The van der Waals surface area contributed by atoms with Crippen molar-refractivity contribution in [2.24, 2.45) is 0 Å². The van der Waals surface area contributed by atoms with E-state index in [0.717, 1.165) is 11.1 Å². The SMILES string of the molecule is CC(=O)Nc1cc(C(=O)NCCc2ccc(C)cc2)ccc1S(=O)(=O)c1ccc(Cl)cc1. The van der Waals surface area contributed by atoms with E-state index in [1.807, 2.05) is 31.2 Å². The number of carbonyl (C=O) groups excluding carboxylic acids is 2. The fourth-order valence-corrected chi connectivity index (χ4v) is 4.63. The predicted molar refractivity (Wildman–Crippen MR) is 125 cm³/mol. The molecule has 3 aromatic rings. The van der Waals surface area contributed by atoms with Crippen molar-refractivity contribution in [1.29, 1.82) is 0 Å². The Kier molecular flexibility index (Phi) is 7.33. The van der Waals surface area contributed by atoms with Crippen LogP contribution in [-0.4, -0.2) is 26.8 Å². The zero-order chi connectivity index (χ0) is 23.3. The minimum atomic E-state index is -3.94. The smallest absolute Gasteiger partial charge is 0.251 e. The number of halogens is 1. The van der Waals surface area contributed by atoms with Crippen molar-refractivity contribution in [2.45, 2.75) is 30.1 Å². The monoisotopic (exact) mass is 470 g/mol. The first kappa shape index (κ1) is 23.5. The fourth-order valence-electron chi connectivity index (χ4n) is 3.11. The number of rotatable bonds is 7. The number of hydrogen-bond donors (Lipinski definition) is 2. The van der Waals surface area contributed by atoms with Crippen molar-refractivity contribution in [1.82, 2.24) is 5.32 Å². The second kappa shape index (κ2) is 9.97. The molecular weight excluding hydrogens is 448 g/mol. The molecule has 0 aliphatic heterocycles. The van der Waals surface area contributed by atoms with E-state index in [9.17, 15) is 18.0 Å². The molecule has 0 spiro atoms. The molecule has 8 heteroatoms. The summed E-state index contributed by atoms with van der Waals surface area (Å²) < 4.78 is 26.2. The molecule has 2 N–H and O–H groups in total. The minimum Gasteiger partial charge on any atom is -0.352 e. The van der Waals surface area contributed by atoms with Gasteiger partial charge >= 0.3 is 0 Å². The Bertz CT molecular complexity index is 1240. The highest BCUT2D eigenvalue weighted by atomic mass is 35.5. The largest absolute Gasteiger partial charge is 0.352 e. The first-order chi connectivity index (χ1) is 15.2. The van der Waals surface area contributed by atoms with Gasteiger partial charge in [-0.25, -0.2) is 8.42 Å². The molecule has 0 aromatic heterocycles. The lowest BCUT2D eigenvalue weighted by molar-refractivity contribution is -0.114. The summed E-state index contributed by atoms with van der Waals surface area (Å²) in [5.41, 5.74) is 2.54. The third-order valence-electron chi connectivity index (χ3n) is 4.79. The summed E-state index contributed by atoms with van der Waals surface area (Å²) in [6, 6.07) is 17.9. The predicted octanol–water partition coefficient (Wildman–Crippen LogP) is 4.41. The van der Waals surface area contributed by atoms with Gasteiger partial charge in [-0.2, -0.15) is 0 Å². The van der Waals surface area contributed by atoms with Crippen molar-refractivity contribution in [3.8, 4) is 0 Å². The van der Waals surface area contributed by atoms with Crippen LogP contribution in [0.15, 0.2) is 76.5 Å². The summed E-state index contributed by atoms with van der Waals surface area (Å²) in [6.07, 6.45) is 0.660. The van der Waals surface area contributed by atoms with Crippen LogP contribution in [-0.2, 0) is 21.1 Å². The third kappa shape index (κ3) is 5.75. The van der Waals surface area contributed by atoms with Crippen LogP contribution in [0.5, 0.6) is 0 Å². The molecule has 0 atom stereocenters. The maximum atomic E-state index is 13.1. The molecule has 0 heterocycles. The Hall–Kier alpha value is -3.16. The average molecular weight is 471 g/mol. The van der Waals surface area contributed by atoms with Crippen LogP contribution in [0.25, 0.3) is 0 Å². The first-order valence-corrected chi connectivity index (χ1v) is 11.8. The number of amides is 2. The second-order valence-corrected chi connectivity index (χ2v) is 9.70. The van der Waals surface area contributed by atoms with Gasteiger partial charge in [-0.3, -0.25) is 9.59 Å². The second-order valence-electron chi connectivity index (χ2n) is 7.34. The van der Waals surface area contributed by atoms with E-state index in [4.69, 9.17) is 11.6 Å². The molecule has 0 aliphatic rings. The van der Waals surface area contributed by atoms with Crippen LogP contribution in [0.2, 0.25) is 5.02 Å². The summed E-state index contributed by atoms with van der Waals surface area (Å²) >= 11 is 5.85. The highest BCUT2D eigenvalue weighted by Crippen LogP contribution is 2.29. The van der Waals surface area contributed by atoms with Crippen LogP contribution in [0, 0.1) is 6.92 Å². The first-order valence-electron chi connectivity index (χ1n) is 9.93. The van der Waals surface area contributed by atoms with Gasteiger partial charge in [0, 0.05) is 24.1 Å². The Morgan fingerprint density at radius 3 is 2.22 bits per heavy atom. The summed E-state index contributed by atoms with van der Waals surface area (Å²) in [6.45, 7) is 3.70. The lowest BCUT2D eigenvalue weighted by atomic mass is 10.1. The van der Waals surface area contributed by atoms with Crippen LogP contribution in [0.3, 0.4) is 0 Å². The topological polar surface area (TPSA) is 92.3 Å². The summed E-state index contributed by atoms with van der Waals surface area (Å²) in [4.78, 5) is 24.2. The van der Waals surface area contributed by atoms with Gasteiger partial charge in [0.1, 0.15) is 0 Å². The van der Waals surface area contributed by atoms with Crippen molar-refractivity contribution >= 4 is 38.9 Å². The van der Waals surface area contributed by atoms with Crippen LogP contribution in [0.1, 0.15) is 28.4 Å². The van der Waals surface area contributed by atoms with Crippen LogP contribution >= 0.6 is 11.6 Å². The maximum Gasteiger partial charge on any atom is 0.251 e. The number of nitrogens with one attached hydrogen (secondary N) is 2. The molecule has 0 saturated carbocycles. The van der Waals surface area contributed by atoms with Crippen LogP contribution < -0.4 is 10.6 Å². The van der Waals surface area contributed by atoms with Crippen molar-refractivity contribution < 1.29 is 18.0 Å². The highest BCUT2D eigenvalue weighted by Gasteiger charge is 2.23. The molecule has 2 amide bonds. The third-order valence-corrected chi connectivity index (χ3v) is 6.87. The quantitative estimate of drug-likeness (QED) is 0.535. The fraction of sp³-hybridized carbons (Fsp3) is 0.167. The zero-order valence-electron chi connectivity index (χ0n) is 17.7. The van der Waals surface area contributed by atoms with E-state index in [0.29, 0.717) is 18.0 Å². The molecule has 0 fully saturated rings. The molecule has 3 aromatic carbocycles. The van der Waals surface area contributed by atoms with Crippen LogP contribution in [0.4, 0.5) is 5.69 Å². The van der Waals surface area contributed by atoms with E-state index < -0.39 is 15.7 Å². The van der Waals surface area contributed by atoms with Crippen molar-refractivity contribution in [2.75, 3.05) is 11.9 Å². The molecule has 0 saturated heterocycles. The molecule has 0 aliphatic carbocycles. The van der Waals surface area contributed by atoms with E-state index in [2.05, 4.69) is 10.6 Å². The lowest BCUT2D eigenvalue weighted by Gasteiger charge is -2.13.